The molecule has 0 aromatic heterocycles. The van der Waals surface area contributed by atoms with Gasteiger partial charge in [-0.25, -0.2) is 0 Å². The molecule has 0 aliphatic carbocycles. The van der Waals surface area contributed by atoms with Crippen LogP contribution in [0.5, 0.6) is 0 Å². The molecule has 3 aliphatic heterocycles. The SMILES string of the molecule is C=CCCCOC(=O)[C@@H]1[C@H]2C(=O)N([C@@H](CC)CO)C(C(=O)N(CC=C)C(C)(C)C)C23S[C@@H]1CC3C. The van der Waals surface area contributed by atoms with Gasteiger partial charge in [-0.05, 0) is 52.4 Å². The van der Waals surface area contributed by atoms with Crippen LogP contribution in [0.1, 0.15) is 60.3 Å². The van der Waals surface area contributed by atoms with Crippen molar-refractivity contribution in [3.63, 3.8) is 0 Å². The van der Waals surface area contributed by atoms with Gasteiger partial charge in [-0.3, -0.25) is 14.4 Å². The Bertz CT molecular complexity index is 851. The predicted octanol–water partition coefficient (Wildman–Crippen LogP) is 3.42. The standard InChI is InChI=1S/C27H42N2O5S/c1-8-11-12-14-34-25(33)20-19-15-17(4)27(35-19)21(20)23(31)29(18(10-3)16-30)22(27)24(32)28(13-9-2)26(5,6)7/h8-9,17-22,30H,1-2,10-16H2,3-7H3/t17?,18-,19+,20-,21-,22?,27?/m0/s1. The van der Waals surface area contributed by atoms with Crippen molar-refractivity contribution in [3.8, 4) is 0 Å². The molecule has 7 nitrogen and oxygen atoms in total. The van der Waals surface area contributed by atoms with Crippen molar-refractivity contribution in [3.05, 3.63) is 25.3 Å². The quantitative estimate of drug-likeness (QED) is 0.263. The average molecular weight is 507 g/mol. The van der Waals surface area contributed by atoms with E-state index in [1.807, 2.05) is 27.7 Å². The number of amides is 2. The molecule has 1 N–H and O–H groups in total. The summed E-state index contributed by atoms with van der Waals surface area (Å²) < 4.78 is 4.90. The molecule has 2 bridgehead atoms. The van der Waals surface area contributed by atoms with Crippen LogP contribution < -0.4 is 0 Å². The number of fused-ring (bicyclic) bond motifs is 1. The van der Waals surface area contributed by atoms with Gasteiger partial charge in [0.05, 0.1) is 35.8 Å². The number of esters is 1. The summed E-state index contributed by atoms with van der Waals surface area (Å²) in [5.41, 5.74) is -0.482. The second-order valence-corrected chi connectivity index (χ2v) is 12.6. The molecule has 0 saturated carbocycles. The molecule has 3 aliphatic rings. The fourth-order valence-electron chi connectivity index (χ4n) is 6.28. The zero-order valence-corrected chi connectivity index (χ0v) is 22.7. The number of likely N-dealkylation sites (tertiary alicyclic amines) is 1. The lowest BCUT2D eigenvalue weighted by atomic mass is 9.66. The molecule has 3 fully saturated rings. The van der Waals surface area contributed by atoms with Crippen LogP contribution in [0.3, 0.4) is 0 Å². The lowest BCUT2D eigenvalue weighted by molar-refractivity contribution is -0.155. The molecule has 7 atom stereocenters. The van der Waals surface area contributed by atoms with E-state index in [-0.39, 0.29) is 35.6 Å². The van der Waals surface area contributed by atoms with Gasteiger partial charge < -0.3 is 19.6 Å². The van der Waals surface area contributed by atoms with Crippen LogP contribution in [0.15, 0.2) is 25.3 Å². The Hall–Kier alpha value is -1.80. The molecule has 3 heterocycles. The second kappa shape index (κ2) is 10.7. The first-order valence-electron chi connectivity index (χ1n) is 12.8. The number of carbonyl (C=O) groups is 3. The van der Waals surface area contributed by atoms with E-state index in [4.69, 9.17) is 4.74 Å². The van der Waals surface area contributed by atoms with Gasteiger partial charge in [-0.1, -0.05) is 26.0 Å². The Labute approximate surface area is 214 Å². The molecule has 3 unspecified atom stereocenters. The minimum Gasteiger partial charge on any atom is -0.465 e. The Balaban J connectivity index is 2.06. The summed E-state index contributed by atoms with van der Waals surface area (Å²) in [6.45, 7) is 17.9. The van der Waals surface area contributed by atoms with Crippen molar-refractivity contribution >= 4 is 29.5 Å². The van der Waals surface area contributed by atoms with E-state index in [2.05, 4.69) is 20.1 Å². The van der Waals surface area contributed by atoms with Gasteiger partial charge in [0.1, 0.15) is 6.04 Å². The zero-order valence-electron chi connectivity index (χ0n) is 21.9. The topological polar surface area (TPSA) is 87.1 Å². The number of carbonyl (C=O) groups excluding carboxylic acids is 3. The van der Waals surface area contributed by atoms with Gasteiger partial charge in [0.2, 0.25) is 11.8 Å². The zero-order chi connectivity index (χ0) is 26.1. The minimum atomic E-state index is -0.750. The first kappa shape index (κ1) is 27.8. The first-order chi connectivity index (χ1) is 16.5. The number of allylic oxidation sites excluding steroid dienone is 1. The number of aliphatic hydroxyl groups excluding tert-OH is 1. The molecule has 0 aromatic carbocycles. The van der Waals surface area contributed by atoms with E-state index < -0.39 is 34.2 Å². The number of hydrogen-bond acceptors (Lipinski definition) is 6. The lowest BCUT2D eigenvalue weighted by Crippen LogP contribution is -2.61. The molecule has 196 valence electrons. The highest BCUT2D eigenvalue weighted by molar-refractivity contribution is 8.02. The van der Waals surface area contributed by atoms with Crippen LogP contribution in [0, 0.1) is 17.8 Å². The third-order valence-corrected chi connectivity index (χ3v) is 10.0. The molecule has 8 heteroatoms. The fourth-order valence-corrected chi connectivity index (χ4v) is 8.67. The molecular formula is C27H42N2O5S. The smallest absolute Gasteiger partial charge is 0.310 e. The fraction of sp³-hybridized carbons (Fsp3) is 0.741. The third-order valence-electron chi connectivity index (χ3n) is 7.95. The number of unbranched alkanes of at least 4 members (excludes halogenated alkanes) is 1. The maximum atomic E-state index is 14.3. The highest BCUT2D eigenvalue weighted by atomic mass is 32.2. The lowest BCUT2D eigenvalue weighted by Gasteiger charge is -2.45. The van der Waals surface area contributed by atoms with Crippen LogP contribution in [0.2, 0.25) is 0 Å². The summed E-state index contributed by atoms with van der Waals surface area (Å²) in [4.78, 5) is 45.1. The highest BCUT2D eigenvalue weighted by Crippen LogP contribution is 2.69. The van der Waals surface area contributed by atoms with Crippen LogP contribution >= 0.6 is 11.8 Å². The number of nitrogens with zero attached hydrogens (tertiary/aromatic N) is 2. The summed E-state index contributed by atoms with van der Waals surface area (Å²) >= 11 is 1.63. The Morgan fingerprint density at radius 3 is 2.57 bits per heavy atom. The van der Waals surface area contributed by atoms with E-state index in [0.717, 1.165) is 12.8 Å². The summed E-state index contributed by atoms with van der Waals surface area (Å²) in [5, 5.41) is 10.1. The van der Waals surface area contributed by atoms with Crippen LogP contribution in [-0.2, 0) is 19.1 Å². The van der Waals surface area contributed by atoms with Crippen LogP contribution in [0.25, 0.3) is 0 Å². The van der Waals surface area contributed by atoms with Crippen LogP contribution in [0.4, 0.5) is 0 Å². The van der Waals surface area contributed by atoms with Crippen molar-refractivity contribution < 1.29 is 24.2 Å². The van der Waals surface area contributed by atoms with E-state index in [0.29, 0.717) is 26.0 Å². The van der Waals surface area contributed by atoms with Crippen molar-refractivity contribution in [2.24, 2.45) is 17.8 Å². The number of aliphatic hydroxyl groups is 1. The minimum absolute atomic E-state index is 0.0556. The average Bonchev–Trinajstić information content (AvgIpc) is 3.39. The van der Waals surface area contributed by atoms with Crippen molar-refractivity contribution in [2.45, 2.75) is 87.9 Å². The molecule has 0 radical (unpaired) electrons. The van der Waals surface area contributed by atoms with Gasteiger partial charge in [0, 0.05) is 17.3 Å². The van der Waals surface area contributed by atoms with E-state index in [1.165, 1.54) is 0 Å². The van der Waals surface area contributed by atoms with Gasteiger partial charge in [-0.15, -0.1) is 24.9 Å². The number of ether oxygens (including phenoxy) is 1. The van der Waals surface area contributed by atoms with Gasteiger partial charge in [0.25, 0.3) is 0 Å². The number of thioether (sulfide) groups is 1. The van der Waals surface area contributed by atoms with E-state index in [9.17, 15) is 19.5 Å². The predicted molar refractivity (Wildman–Crippen MR) is 139 cm³/mol. The van der Waals surface area contributed by atoms with E-state index >= 15 is 0 Å². The molecule has 2 amide bonds. The normalized spacial score (nSPS) is 32.3. The third kappa shape index (κ3) is 4.57. The summed E-state index contributed by atoms with van der Waals surface area (Å²) in [7, 11) is 0. The van der Waals surface area contributed by atoms with Crippen molar-refractivity contribution in [1.82, 2.24) is 9.80 Å². The largest absolute Gasteiger partial charge is 0.465 e. The Morgan fingerprint density at radius 1 is 1.34 bits per heavy atom. The molecule has 0 aromatic rings. The van der Waals surface area contributed by atoms with Gasteiger partial charge in [-0.2, -0.15) is 0 Å². The maximum absolute atomic E-state index is 14.3. The molecule has 3 saturated heterocycles. The van der Waals surface area contributed by atoms with Crippen molar-refractivity contribution in [2.75, 3.05) is 19.8 Å². The monoisotopic (exact) mass is 506 g/mol. The first-order valence-corrected chi connectivity index (χ1v) is 13.7. The second-order valence-electron chi connectivity index (χ2n) is 11.0. The Morgan fingerprint density at radius 2 is 2.03 bits per heavy atom. The molecular weight excluding hydrogens is 464 g/mol. The summed E-state index contributed by atoms with van der Waals surface area (Å²) in [6.07, 6.45) is 6.21. The summed E-state index contributed by atoms with van der Waals surface area (Å²) in [5.74, 6) is -1.83. The molecule has 1 spiro atoms. The number of rotatable bonds is 11. The van der Waals surface area contributed by atoms with Crippen LogP contribution in [-0.4, -0.2) is 80.1 Å². The maximum Gasteiger partial charge on any atom is 0.310 e. The summed E-state index contributed by atoms with van der Waals surface area (Å²) in [6, 6.07) is -1.24. The van der Waals surface area contributed by atoms with Crippen molar-refractivity contribution in [1.29, 1.82) is 0 Å². The van der Waals surface area contributed by atoms with Gasteiger partial charge in [0.15, 0.2) is 0 Å². The Kier molecular flexibility index (Phi) is 8.47. The molecule has 35 heavy (non-hydrogen) atoms. The van der Waals surface area contributed by atoms with E-state index in [1.54, 1.807) is 33.7 Å². The highest BCUT2D eigenvalue weighted by Gasteiger charge is 2.77. The van der Waals surface area contributed by atoms with Gasteiger partial charge >= 0.3 is 5.97 Å². The molecule has 3 rings (SSSR count). The number of hydrogen-bond donors (Lipinski definition) is 1.